The molecule has 0 saturated heterocycles. The summed E-state index contributed by atoms with van der Waals surface area (Å²) in [6.07, 6.45) is 1.61. The molecule has 1 atom stereocenters. The first-order chi connectivity index (χ1) is 8.66. The zero-order valence-corrected chi connectivity index (χ0v) is 10.7. The van der Waals surface area contributed by atoms with E-state index in [0.717, 1.165) is 12.8 Å². The van der Waals surface area contributed by atoms with Gasteiger partial charge < -0.3 is 15.7 Å². The van der Waals surface area contributed by atoms with Gasteiger partial charge in [-0.05, 0) is 30.2 Å². The number of carbonyl (C=O) groups is 2. The highest BCUT2D eigenvalue weighted by Crippen LogP contribution is 2.32. The van der Waals surface area contributed by atoms with Crippen molar-refractivity contribution < 1.29 is 14.7 Å². The predicted octanol–water partition coefficient (Wildman–Crippen LogP) is 0.365. The molecule has 0 bridgehead atoms. The topological polar surface area (TPSA) is 78.4 Å². The Kier molecular flexibility index (Phi) is 4.33. The number of hydrogen-bond acceptors (Lipinski definition) is 4. The Morgan fingerprint density at radius 2 is 2.22 bits per heavy atom. The van der Waals surface area contributed by atoms with Crippen molar-refractivity contribution in [2.45, 2.75) is 18.9 Å². The molecule has 2 amide bonds. The standard InChI is InChI=1S/C12H16N2O3S/c15-9(8-3-4-8)6-13-11(16)7-14-12(17)10-2-1-5-18-10/h1-2,5,8-9,15H,3-4,6-7H2,(H,13,16)(H,14,17). The maximum absolute atomic E-state index is 11.5. The largest absolute Gasteiger partial charge is 0.391 e. The highest BCUT2D eigenvalue weighted by Gasteiger charge is 2.29. The maximum atomic E-state index is 11.5. The van der Waals surface area contributed by atoms with Crippen molar-refractivity contribution in [1.82, 2.24) is 10.6 Å². The zero-order chi connectivity index (χ0) is 13.0. The number of thiophene rings is 1. The van der Waals surface area contributed by atoms with Crippen LogP contribution >= 0.6 is 11.3 Å². The molecule has 1 heterocycles. The number of aliphatic hydroxyl groups is 1. The van der Waals surface area contributed by atoms with Gasteiger partial charge in [0.25, 0.3) is 5.91 Å². The van der Waals surface area contributed by atoms with Gasteiger partial charge in [-0.3, -0.25) is 9.59 Å². The normalized spacial score (nSPS) is 16.1. The Bertz CT molecular complexity index is 415. The van der Waals surface area contributed by atoms with E-state index in [-0.39, 0.29) is 24.9 Å². The molecular weight excluding hydrogens is 252 g/mol. The van der Waals surface area contributed by atoms with E-state index in [1.54, 1.807) is 17.5 Å². The molecule has 18 heavy (non-hydrogen) atoms. The molecule has 6 heteroatoms. The van der Waals surface area contributed by atoms with Gasteiger partial charge in [-0.2, -0.15) is 0 Å². The maximum Gasteiger partial charge on any atom is 0.261 e. The third-order valence-corrected chi connectivity index (χ3v) is 3.70. The minimum Gasteiger partial charge on any atom is -0.391 e. The molecule has 2 rings (SSSR count). The fraction of sp³-hybridized carbons (Fsp3) is 0.500. The lowest BCUT2D eigenvalue weighted by Crippen LogP contribution is -2.40. The Morgan fingerprint density at radius 3 is 2.83 bits per heavy atom. The molecular formula is C12H16N2O3S. The number of carbonyl (C=O) groups excluding carboxylic acids is 2. The third-order valence-electron chi connectivity index (χ3n) is 2.83. The third kappa shape index (κ3) is 3.82. The fourth-order valence-electron chi connectivity index (χ4n) is 1.58. The van der Waals surface area contributed by atoms with Crippen LogP contribution in [0.3, 0.4) is 0 Å². The molecule has 3 N–H and O–H groups in total. The molecule has 0 radical (unpaired) electrons. The van der Waals surface area contributed by atoms with Crippen LogP contribution in [0.15, 0.2) is 17.5 Å². The van der Waals surface area contributed by atoms with Crippen molar-refractivity contribution in [2.75, 3.05) is 13.1 Å². The average molecular weight is 268 g/mol. The Labute approximate surface area is 109 Å². The summed E-state index contributed by atoms with van der Waals surface area (Å²) >= 11 is 1.33. The molecule has 0 spiro atoms. The quantitative estimate of drug-likeness (QED) is 0.697. The summed E-state index contributed by atoms with van der Waals surface area (Å²) in [4.78, 5) is 23.6. The van der Waals surface area contributed by atoms with Crippen molar-refractivity contribution >= 4 is 23.2 Å². The van der Waals surface area contributed by atoms with E-state index in [2.05, 4.69) is 10.6 Å². The summed E-state index contributed by atoms with van der Waals surface area (Å²) in [6.45, 7) is 0.201. The van der Waals surface area contributed by atoms with Crippen LogP contribution in [0.2, 0.25) is 0 Å². The molecule has 1 fully saturated rings. The monoisotopic (exact) mass is 268 g/mol. The van der Waals surface area contributed by atoms with Crippen LogP contribution < -0.4 is 10.6 Å². The van der Waals surface area contributed by atoms with Crippen LogP contribution in [-0.2, 0) is 4.79 Å². The minimum atomic E-state index is -0.457. The molecule has 1 aromatic rings. The molecule has 98 valence electrons. The minimum absolute atomic E-state index is 0.0614. The number of aliphatic hydroxyl groups excluding tert-OH is 1. The first-order valence-electron chi connectivity index (χ1n) is 5.93. The van der Waals surface area contributed by atoms with Crippen molar-refractivity contribution in [1.29, 1.82) is 0 Å². The molecule has 1 aromatic heterocycles. The summed E-state index contributed by atoms with van der Waals surface area (Å²) in [5.74, 6) is -0.187. The van der Waals surface area contributed by atoms with Gasteiger partial charge in [0, 0.05) is 6.54 Å². The van der Waals surface area contributed by atoms with Crippen molar-refractivity contribution in [3.8, 4) is 0 Å². The molecule has 1 aliphatic carbocycles. The summed E-state index contributed by atoms with van der Waals surface area (Å²) in [5.41, 5.74) is 0. The first-order valence-corrected chi connectivity index (χ1v) is 6.81. The zero-order valence-electron chi connectivity index (χ0n) is 9.89. The van der Waals surface area contributed by atoms with Crippen molar-refractivity contribution in [3.63, 3.8) is 0 Å². The number of nitrogens with one attached hydrogen (secondary N) is 2. The Hall–Kier alpha value is -1.40. The number of hydrogen-bond donors (Lipinski definition) is 3. The van der Waals surface area contributed by atoms with Crippen molar-refractivity contribution in [3.05, 3.63) is 22.4 Å². The van der Waals surface area contributed by atoms with Crippen LogP contribution in [0.25, 0.3) is 0 Å². The second-order valence-corrected chi connectivity index (χ2v) is 5.32. The fourth-order valence-corrected chi connectivity index (χ4v) is 2.22. The van der Waals surface area contributed by atoms with E-state index in [4.69, 9.17) is 0 Å². The van der Waals surface area contributed by atoms with Gasteiger partial charge in [-0.25, -0.2) is 0 Å². The van der Waals surface area contributed by atoms with Crippen LogP contribution in [0, 0.1) is 5.92 Å². The highest BCUT2D eigenvalue weighted by molar-refractivity contribution is 7.12. The lowest BCUT2D eigenvalue weighted by molar-refractivity contribution is -0.120. The van der Waals surface area contributed by atoms with Crippen LogP contribution in [-0.4, -0.2) is 36.1 Å². The summed E-state index contributed by atoms with van der Waals surface area (Å²) < 4.78 is 0. The van der Waals surface area contributed by atoms with Crippen LogP contribution in [0.1, 0.15) is 22.5 Å². The second-order valence-electron chi connectivity index (χ2n) is 4.37. The smallest absolute Gasteiger partial charge is 0.261 e. The van der Waals surface area contributed by atoms with E-state index < -0.39 is 6.10 Å². The highest BCUT2D eigenvalue weighted by atomic mass is 32.1. The van der Waals surface area contributed by atoms with Gasteiger partial charge in [0.15, 0.2) is 0 Å². The predicted molar refractivity (Wildman–Crippen MR) is 68.4 cm³/mol. The molecule has 5 nitrogen and oxygen atoms in total. The molecule has 0 aromatic carbocycles. The SMILES string of the molecule is O=C(CNC(=O)c1cccs1)NCC(O)C1CC1. The molecule has 0 aliphatic heterocycles. The van der Waals surface area contributed by atoms with E-state index in [0.29, 0.717) is 10.8 Å². The van der Waals surface area contributed by atoms with E-state index in [9.17, 15) is 14.7 Å². The molecule has 1 saturated carbocycles. The molecule has 1 unspecified atom stereocenters. The average Bonchev–Trinajstić information content (AvgIpc) is 3.08. The summed E-state index contributed by atoms with van der Waals surface area (Å²) in [5, 5.41) is 16.5. The Morgan fingerprint density at radius 1 is 1.44 bits per heavy atom. The van der Waals surface area contributed by atoms with Gasteiger partial charge in [-0.15, -0.1) is 11.3 Å². The Balaban J connectivity index is 1.63. The van der Waals surface area contributed by atoms with Gasteiger partial charge in [0.05, 0.1) is 17.5 Å². The lowest BCUT2D eigenvalue weighted by Gasteiger charge is -2.10. The molecule has 1 aliphatic rings. The number of rotatable bonds is 6. The van der Waals surface area contributed by atoms with Gasteiger partial charge in [0.1, 0.15) is 0 Å². The van der Waals surface area contributed by atoms with Crippen LogP contribution in [0.4, 0.5) is 0 Å². The number of amides is 2. The van der Waals surface area contributed by atoms with E-state index in [1.807, 2.05) is 0 Å². The second kappa shape index (κ2) is 5.97. The van der Waals surface area contributed by atoms with Crippen molar-refractivity contribution in [2.24, 2.45) is 5.92 Å². The van der Waals surface area contributed by atoms with Gasteiger partial charge in [-0.1, -0.05) is 6.07 Å². The summed E-state index contributed by atoms with van der Waals surface area (Å²) in [6, 6.07) is 3.49. The van der Waals surface area contributed by atoms with E-state index in [1.165, 1.54) is 11.3 Å². The van der Waals surface area contributed by atoms with E-state index >= 15 is 0 Å². The van der Waals surface area contributed by atoms with Gasteiger partial charge >= 0.3 is 0 Å². The lowest BCUT2D eigenvalue weighted by atomic mass is 10.2. The van der Waals surface area contributed by atoms with Crippen LogP contribution in [0.5, 0.6) is 0 Å². The van der Waals surface area contributed by atoms with Gasteiger partial charge in [0.2, 0.25) is 5.91 Å². The first kappa shape index (κ1) is 13.0. The summed E-state index contributed by atoms with van der Waals surface area (Å²) in [7, 11) is 0.